The van der Waals surface area contributed by atoms with Crippen molar-refractivity contribution in [2.75, 3.05) is 16.8 Å². The maximum Gasteiger partial charge on any atom is 0.271 e. The third kappa shape index (κ3) is 3.05. The average molecular weight is 346 g/mol. The summed E-state index contributed by atoms with van der Waals surface area (Å²) in [5, 5.41) is 14.0. The number of para-hydroxylation sites is 1. The van der Waals surface area contributed by atoms with Crippen molar-refractivity contribution >= 4 is 34.6 Å². The highest BCUT2D eigenvalue weighted by molar-refractivity contribution is 6.33. The fraction of sp³-hybridized carbons (Fsp3) is 0.235. The van der Waals surface area contributed by atoms with E-state index in [0.717, 1.165) is 17.7 Å². The summed E-state index contributed by atoms with van der Waals surface area (Å²) in [7, 11) is 0. The van der Waals surface area contributed by atoms with Gasteiger partial charge in [0, 0.05) is 24.4 Å². The Morgan fingerprint density at radius 2 is 2.08 bits per heavy atom. The molecule has 0 fully saturated rings. The molecular formula is C17H16ClN3O3. The number of amides is 1. The number of carbonyl (C=O) groups excluding carboxylic acids is 1. The second-order valence-corrected chi connectivity index (χ2v) is 6.06. The monoisotopic (exact) mass is 345 g/mol. The van der Waals surface area contributed by atoms with Gasteiger partial charge in [-0.2, -0.15) is 0 Å². The zero-order valence-electron chi connectivity index (χ0n) is 13.0. The smallest absolute Gasteiger partial charge is 0.271 e. The minimum atomic E-state index is -0.509. The van der Waals surface area contributed by atoms with Gasteiger partial charge in [0.15, 0.2) is 0 Å². The van der Waals surface area contributed by atoms with Gasteiger partial charge in [-0.3, -0.25) is 14.9 Å². The third-order valence-electron chi connectivity index (χ3n) is 4.06. The Bertz CT molecular complexity index is 809. The van der Waals surface area contributed by atoms with E-state index in [4.69, 9.17) is 11.6 Å². The molecular weight excluding hydrogens is 330 g/mol. The van der Waals surface area contributed by atoms with Crippen LogP contribution in [0.3, 0.4) is 0 Å². The highest BCUT2D eigenvalue weighted by Gasteiger charge is 2.28. The lowest BCUT2D eigenvalue weighted by atomic mass is 10.2. The van der Waals surface area contributed by atoms with E-state index in [-0.39, 0.29) is 16.6 Å². The van der Waals surface area contributed by atoms with Gasteiger partial charge in [0.2, 0.25) is 5.91 Å². The first-order valence-corrected chi connectivity index (χ1v) is 7.95. The summed E-state index contributed by atoms with van der Waals surface area (Å²) in [6.45, 7) is 2.40. The Kier molecular flexibility index (Phi) is 4.40. The summed E-state index contributed by atoms with van der Waals surface area (Å²) in [5.41, 5.74) is 2.51. The first-order chi connectivity index (χ1) is 11.5. The van der Waals surface area contributed by atoms with Gasteiger partial charge in [0.1, 0.15) is 6.04 Å². The standard InChI is InChI=1S/C17H16ClN3O3/c1-11(19-15-7-6-13(21(23)24)10-14(15)18)17(22)20-9-8-12-4-2-3-5-16(12)20/h2-7,10-11,19H,8-9H2,1H3. The quantitative estimate of drug-likeness (QED) is 0.678. The van der Waals surface area contributed by atoms with Crippen molar-refractivity contribution in [3.63, 3.8) is 0 Å². The van der Waals surface area contributed by atoms with Gasteiger partial charge in [0.05, 0.1) is 15.6 Å². The number of rotatable bonds is 4. The molecule has 0 saturated carbocycles. The van der Waals surface area contributed by atoms with Crippen LogP contribution in [0.4, 0.5) is 17.1 Å². The molecule has 1 atom stereocenters. The molecule has 0 aliphatic carbocycles. The van der Waals surface area contributed by atoms with Crippen LogP contribution in [0.5, 0.6) is 0 Å². The predicted molar refractivity (Wildman–Crippen MR) is 93.7 cm³/mol. The second-order valence-electron chi connectivity index (χ2n) is 5.66. The molecule has 0 aromatic heterocycles. The zero-order valence-corrected chi connectivity index (χ0v) is 13.8. The number of halogens is 1. The van der Waals surface area contributed by atoms with Crippen molar-refractivity contribution in [2.45, 2.75) is 19.4 Å². The molecule has 0 bridgehead atoms. The van der Waals surface area contributed by atoms with E-state index < -0.39 is 11.0 Å². The molecule has 1 aliphatic heterocycles. The molecule has 1 N–H and O–H groups in total. The van der Waals surface area contributed by atoms with Crippen LogP contribution in [0.2, 0.25) is 5.02 Å². The van der Waals surface area contributed by atoms with E-state index in [9.17, 15) is 14.9 Å². The van der Waals surface area contributed by atoms with Crippen molar-refractivity contribution in [1.29, 1.82) is 0 Å². The van der Waals surface area contributed by atoms with Crippen molar-refractivity contribution in [1.82, 2.24) is 0 Å². The predicted octanol–water partition coefficient (Wildman–Crippen LogP) is 3.64. The third-order valence-corrected chi connectivity index (χ3v) is 4.37. The molecule has 2 aromatic rings. The first-order valence-electron chi connectivity index (χ1n) is 7.57. The lowest BCUT2D eigenvalue weighted by Gasteiger charge is -2.23. The topological polar surface area (TPSA) is 75.5 Å². The largest absolute Gasteiger partial charge is 0.373 e. The van der Waals surface area contributed by atoms with Gasteiger partial charge < -0.3 is 10.2 Å². The number of benzene rings is 2. The van der Waals surface area contributed by atoms with Gasteiger partial charge in [-0.1, -0.05) is 29.8 Å². The fourth-order valence-corrected chi connectivity index (χ4v) is 3.06. The van der Waals surface area contributed by atoms with E-state index in [1.165, 1.54) is 18.2 Å². The van der Waals surface area contributed by atoms with Crippen molar-refractivity contribution in [2.24, 2.45) is 0 Å². The van der Waals surface area contributed by atoms with E-state index in [1.54, 1.807) is 11.8 Å². The number of hydrogen-bond donors (Lipinski definition) is 1. The van der Waals surface area contributed by atoms with Crippen LogP contribution in [0.1, 0.15) is 12.5 Å². The number of anilines is 2. The summed E-state index contributed by atoms with van der Waals surface area (Å²) < 4.78 is 0. The lowest BCUT2D eigenvalue weighted by Crippen LogP contribution is -2.40. The van der Waals surface area contributed by atoms with Crippen LogP contribution < -0.4 is 10.2 Å². The number of fused-ring (bicyclic) bond motifs is 1. The minimum absolute atomic E-state index is 0.0608. The maximum atomic E-state index is 12.7. The van der Waals surface area contributed by atoms with Crippen LogP contribution in [0, 0.1) is 10.1 Å². The zero-order chi connectivity index (χ0) is 17.3. The highest BCUT2D eigenvalue weighted by Crippen LogP contribution is 2.30. The molecule has 1 aliphatic rings. The molecule has 0 spiro atoms. The van der Waals surface area contributed by atoms with Crippen LogP contribution >= 0.6 is 11.6 Å². The number of nitrogens with one attached hydrogen (secondary N) is 1. The summed E-state index contributed by atoms with van der Waals surface area (Å²) in [4.78, 5) is 24.7. The molecule has 7 heteroatoms. The van der Waals surface area contributed by atoms with Crippen molar-refractivity contribution in [3.8, 4) is 0 Å². The van der Waals surface area contributed by atoms with Crippen LogP contribution in [0.15, 0.2) is 42.5 Å². The SMILES string of the molecule is CC(Nc1ccc([N+](=O)[O-])cc1Cl)C(=O)N1CCc2ccccc21. The number of nitro benzene ring substituents is 1. The Labute approximate surface area is 144 Å². The Morgan fingerprint density at radius 3 is 2.79 bits per heavy atom. The Morgan fingerprint density at radius 1 is 1.33 bits per heavy atom. The molecule has 3 rings (SSSR count). The van der Waals surface area contributed by atoms with E-state index >= 15 is 0 Å². The minimum Gasteiger partial charge on any atom is -0.373 e. The van der Waals surface area contributed by atoms with E-state index in [2.05, 4.69) is 5.32 Å². The molecule has 1 unspecified atom stereocenters. The van der Waals surface area contributed by atoms with Crippen molar-refractivity contribution in [3.05, 3.63) is 63.2 Å². The Balaban J connectivity index is 1.75. The molecule has 0 saturated heterocycles. The van der Waals surface area contributed by atoms with E-state index in [0.29, 0.717) is 12.2 Å². The second kappa shape index (κ2) is 6.49. The number of nitro groups is 1. The van der Waals surface area contributed by atoms with Gasteiger partial charge in [-0.25, -0.2) is 0 Å². The number of hydrogen-bond acceptors (Lipinski definition) is 4. The normalized spacial score (nSPS) is 14.2. The number of nitrogens with zero attached hydrogens (tertiary/aromatic N) is 2. The number of non-ortho nitro benzene ring substituents is 1. The summed E-state index contributed by atoms with van der Waals surface area (Å²) in [6.07, 6.45) is 0.840. The lowest BCUT2D eigenvalue weighted by molar-refractivity contribution is -0.384. The molecule has 6 nitrogen and oxygen atoms in total. The summed E-state index contributed by atoms with van der Waals surface area (Å²) >= 11 is 6.07. The highest BCUT2D eigenvalue weighted by atomic mass is 35.5. The van der Waals surface area contributed by atoms with Crippen LogP contribution in [-0.4, -0.2) is 23.4 Å². The number of carbonyl (C=O) groups is 1. The van der Waals surface area contributed by atoms with Gasteiger partial charge >= 0.3 is 0 Å². The average Bonchev–Trinajstić information content (AvgIpc) is 2.99. The molecule has 0 radical (unpaired) electrons. The van der Waals surface area contributed by atoms with Gasteiger partial charge in [-0.05, 0) is 31.0 Å². The first kappa shape index (κ1) is 16.3. The molecule has 124 valence electrons. The van der Waals surface area contributed by atoms with Gasteiger partial charge in [-0.15, -0.1) is 0 Å². The van der Waals surface area contributed by atoms with Crippen LogP contribution in [-0.2, 0) is 11.2 Å². The van der Waals surface area contributed by atoms with E-state index in [1.807, 2.05) is 24.3 Å². The summed E-state index contributed by atoms with van der Waals surface area (Å²) in [6, 6.07) is 11.5. The Hall–Kier alpha value is -2.60. The summed E-state index contributed by atoms with van der Waals surface area (Å²) in [5.74, 6) is -0.0608. The molecule has 2 aromatic carbocycles. The fourth-order valence-electron chi connectivity index (χ4n) is 2.83. The van der Waals surface area contributed by atoms with Gasteiger partial charge in [0.25, 0.3) is 5.69 Å². The molecule has 1 heterocycles. The van der Waals surface area contributed by atoms with Crippen LogP contribution in [0.25, 0.3) is 0 Å². The maximum absolute atomic E-state index is 12.7. The van der Waals surface area contributed by atoms with Crippen molar-refractivity contribution < 1.29 is 9.72 Å². The molecule has 24 heavy (non-hydrogen) atoms. The molecule has 1 amide bonds.